The topological polar surface area (TPSA) is 60.2 Å². The molecule has 2 heterocycles. The maximum Gasteiger partial charge on any atom is 0.231 e. The van der Waals surface area contributed by atoms with E-state index in [2.05, 4.69) is 15.5 Å². The largest absolute Gasteiger partial charge is 0.497 e. The zero-order chi connectivity index (χ0) is 13.1. The normalized spacial score (nSPS) is 19.3. The van der Waals surface area contributed by atoms with E-state index in [4.69, 9.17) is 9.26 Å². The van der Waals surface area contributed by atoms with Crippen molar-refractivity contribution in [3.05, 3.63) is 30.2 Å². The van der Waals surface area contributed by atoms with E-state index in [0.29, 0.717) is 11.7 Å². The first-order valence-corrected chi connectivity index (χ1v) is 6.55. The van der Waals surface area contributed by atoms with Gasteiger partial charge in [0.15, 0.2) is 0 Å². The molecule has 2 aromatic rings. The Hall–Kier alpha value is -1.88. The molecule has 0 radical (unpaired) electrons. The molecule has 1 aliphatic rings. The van der Waals surface area contributed by atoms with Crippen molar-refractivity contribution in [2.75, 3.05) is 20.2 Å². The lowest BCUT2D eigenvalue weighted by atomic mass is 10.00. The van der Waals surface area contributed by atoms with Crippen molar-refractivity contribution < 1.29 is 9.26 Å². The Morgan fingerprint density at radius 3 is 2.84 bits per heavy atom. The molecule has 0 amide bonds. The minimum Gasteiger partial charge on any atom is -0.497 e. The number of methoxy groups -OCH3 is 1. The van der Waals surface area contributed by atoms with Gasteiger partial charge in [-0.15, -0.1) is 0 Å². The summed E-state index contributed by atoms with van der Waals surface area (Å²) in [4.78, 5) is 4.50. The van der Waals surface area contributed by atoms with Gasteiger partial charge in [0.1, 0.15) is 5.75 Å². The molecule has 3 rings (SSSR count). The van der Waals surface area contributed by atoms with Crippen LogP contribution < -0.4 is 10.1 Å². The first kappa shape index (κ1) is 12.2. The fourth-order valence-corrected chi connectivity index (χ4v) is 2.32. The second-order valence-corrected chi connectivity index (χ2v) is 4.73. The van der Waals surface area contributed by atoms with Gasteiger partial charge in [-0.25, -0.2) is 0 Å². The predicted octanol–water partition coefficient (Wildman–Crippen LogP) is 2.21. The number of rotatable bonds is 3. The zero-order valence-corrected chi connectivity index (χ0v) is 10.9. The first-order valence-electron chi connectivity index (χ1n) is 6.55. The second-order valence-electron chi connectivity index (χ2n) is 4.73. The highest BCUT2D eigenvalue weighted by Crippen LogP contribution is 2.25. The van der Waals surface area contributed by atoms with Gasteiger partial charge >= 0.3 is 0 Å². The van der Waals surface area contributed by atoms with Gasteiger partial charge in [-0.3, -0.25) is 0 Å². The van der Waals surface area contributed by atoms with Crippen molar-refractivity contribution in [2.24, 2.45) is 0 Å². The van der Waals surface area contributed by atoms with Gasteiger partial charge in [0.05, 0.1) is 13.0 Å². The molecule has 19 heavy (non-hydrogen) atoms. The van der Waals surface area contributed by atoms with Crippen LogP contribution in [0.1, 0.15) is 24.7 Å². The van der Waals surface area contributed by atoms with Gasteiger partial charge in [-0.2, -0.15) is 4.98 Å². The van der Waals surface area contributed by atoms with E-state index in [1.807, 2.05) is 24.3 Å². The Balaban J connectivity index is 1.79. The summed E-state index contributed by atoms with van der Waals surface area (Å²) in [7, 11) is 1.65. The second kappa shape index (κ2) is 5.40. The molecule has 1 saturated heterocycles. The molecule has 1 aromatic carbocycles. The average Bonchev–Trinajstić information content (AvgIpc) is 2.98. The van der Waals surface area contributed by atoms with Gasteiger partial charge in [0.25, 0.3) is 0 Å². The van der Waals surface area contributed by atoms with Crippen molar-refractivity contribution in [3.8, 4) is 17.1 Å². The molecule has 1 aromatic heterocycles. The average molecular weight is 259 g/mol. The van der Waals surface area contributed by atoms with Crippen molar-refractivity contribution in [3.63, 3.8) is 0 Å². The number of aromatic nitrogens is 2. The van der Waals surface area contributed by atoms with E-state index in [-0.39, 0.29) is 0 Å². The van der Waals surface area contributed by atoms with Crippen LogP contribution in [0.2, 0.25) is 0 Å². The molecule has 0 unspecified atom stereocenters. The Bertz CT molecular complexity index is 530. The molecule has 0 saturated carbocycles. The number of nitrogens with zero attached hydrogens (tertiary/aromatic N) is 2. The summed E-state index contributed by atoms with van der Waals surface area (Å²) in [5, 5.41) is 7.42. The summed E-state index contributed by atoms with van der Waals surface area (Å²) >= 11 is 0. The summed E-state index contributed by atoms with van der Waals surface area (Å²) in [5.74, 6) is 2.54. The third kappa shape index (κ3) is 2.61. The van der Waals surface area contributed by atoms with Crippen molar-refractivity contribution in [1.82, 2.24) is 15.5 Å². The maximum atomic E-state index is 5.38. The van der Waals surface area contributed by atoms with Gasteiger partial charge in [-0.1, -0.05) is 5.16 Å². The monoisotopic (exact) mass is 259 g/mol. The van der Waals surface area contributed by atoms with Crippen LogP contribution in [-0.2, 0) is 0 Å². The lowest BCUT2D eigenvalue weighted by Crippen LogP contribution is -2.28. The smallest absolute Gasteiger partial charge is 0.231 e. The van der Waals surface area contributed by atoms with Crippen LogP contribution >= 0.6 is 0 Å². The van der Waals surface area contributed by atoms with Gasteiger partial charge < -0.3 is 14.6 Å². The molecule has 1 fully saturated rings. The lowest BCUT2D eigenvalue weighted by molar-refractivity contribution is 0.322. The van der Waals surface area contributed by atoms with Crippen LogP contribution in [0.3, 0.4) is 0 Å². The third-order valence-corrected chi connectivity index (χ3v) is 3.44. The quantitative estimate of drug-likeness (QED) is 0.915. The van der Waals surface area contributed by atoms with Gasteiger partial charge in [0.2, 0.25) is 11.7 Å². The van der Waals surface area contributed by atoms with Crippen molar-refractivity contribution in [2.45, 2.75) is 18.8 Å². The Kier molecular flexibility index (Phi) is 3.46. The number of benzene rings is 1. The third-order valence-electron chi connectivity index (χ3n) is 3.44. The maximum absolute atomic E-state index is 5.38. The van der Waals surface area contributed by atoms with Crippen LogP contribution in [-0.4, -0.2) is 30.3 Å². The number of ether oxygens (including phenoxy) is 1. The number of piperidine rings is 1. The highest BCUT2D eigenvalue weighted by molar-refractivity contribution is 5.55. The summed E-state index contributed by atoms with van der Waals surface area (Å²) in [6.07, 6.45) is 2.27. The molecule has 1 N–H and O–H groups in total. The van der Waals surface area contributed by atoms with E-state index in [9.17, 15) is 0 Å². The van der Waals surface area contributed by atoms with E-state index in [1.54, 1.807) is 7.11 Å². The van der Waals surface area contributed by atoms with Crippen LogP contribution in [0.25, 0.3) is 11.4 Å². The van der Waals surface area contributed by atoms with Crippen LogP contribution in [0, 0.1) is 0 Å². The molecule has 5 nitrogen and oxygen atoms in total. The molecule has 100 valence electrons. The highest BCUT2D eigenvalue weighted by atomic mass is 16.5. The van der Waals surface area contributed by atoms with Crippen molar-refractivity contribution >= 4 is 0 Å². The Morgan fingerprint density at radius 2 is 2.16 bits per heavy atom. The number of hydrogen-bond donors (Lipinski definition) is 1. The highest BCUT2D eigenvalue weighted by Gasteiger charge is 2.21. The summed E-state index contributed by atoms with van der Waals surface area (Å²) in [6, 6.07) is 7.67. The van der Waals surface area contributed by atoms with Crippen LogP contribution in [0.4, 0.5) is 0 Å². The van der Waals surface area contributed by atoms with E-state index < -0.39 is 0 Å². The van der Waals surface area contributed by atoms with Crippen molar-refractivity contribution in [1.29, 1.82) is 0 Å². The minimum atomic E-state index is 0.341. The zero-order valence-electron chi connectivity index (χ0n) is 10.9. The van der Waals surface area contributed by atoms with E-state index in [0.717, 1.165) is 43.1 Å². The fourth-order valence-electron chi connectivity index (χ4n) is 2.32. The molecule has 1 aliphatic heterocycles. The van der Waals surface area contributed by atoms with Gasteiger partial charge in [-0.05, 0) is 43.7 Å². The first-order chi connectivity index (χ1) is 9.36. The molecule has 1 atom stereocenters. The van der Waals surface area contributed by atoms with Crippen LogP contribution in [0.5, 0.6) is 5.75 Å². The number of nitrogens with one attached hydrogen (secondary N) is 1. The van der Waals surface area contributed by atoms with Crippen LogP contribution in [0.15, 0.2) is 28.8 Å². The SMILES string of the molecule is COc1ccc(-c2noc([C@@H]3CCCNC3)n2)cc1. The molecule has 0 spiro atoms. The molecule has 0 bridgehead atoms. The molecule has 0 aliphatic carbocycles. The molecular formula is C14H17N3O2. The minimum absolute atomic E-state index is 0.341. The summed E-state index contributed by atoms with van der Waals surface area (Å²) in [6.45, 7) is 2.00. The standard InChI is InChI=1S/C14H17N3O2/c1-18-12-6-4-10(5-7-12)13-16-14(19-17-13)11-3-2-8-15-9-11/h4-7,11,15H,2-3,8-9H2,1H3/t11-/m1/s1. The summed E-state index contributed by atoms with van der Waals surface area (Å²) < 4.78 is 10.5. The van der Waals surface area contributed by atoms with E-state index >= 15 is 0 Å². The predicted molar refractivity (Wildman–Crippen MR) is 71.1 cm³/mol. The Morgan fingerprint density at radius 1 is 1.32 bits per heavy atom. The Labute approximate surface area is 112 Å². The molecular weight excluding hydrogens is 242 g/mol. The molecule has 5 heteroatoms. The van der Waals surface area contributed by atoms with E-state index in [1.165, 1.54) is 0 Å². The van der Waals surface area contributed by atoms with Gasteiger partial charge in [0, 0.05) is 12.1 Å². The lowest BCUT2D eigenvalue weighted by Gasteiger charge is -2.18. The number of hydrogen-bond acceptors (Lipinski definition) is 5. The summed E-state index contributed by atoms with van der Waals surface area (Å²) in [5.41, 5.74) is 0.944. The fraction of sp³-hybridized carbons (Fsp3) is 0.429.